The lowest BCUT2D eigenvalue weighted by molar-refractivity contribution is 0.0913. The molecule has 1 aromatic heterocycles. The number of rotatable bonds is 7. The Hall–Kier alpha value is -1.09. The average molecular weight is 394 g/mol. The number of furan rings is 1. The van der Waals surface area contributed by atoms with Crippen molar-refractivity contribution >= 4 is 28.3 Å². The van der Waals surface area contributed by atoms with E-state index in [1.807, 2.05) is 13.8 Å². The minimum absolute atomic E-state index is 0. The third-order valence-electron chi connectivity index (χ3n) is 4.79. The number of halogens is 1. The third-order valence-corrected chi connectivity index (χ3v) is 6.79. The maximum absolute atomic E-state index is 12.6. The van der Waals surface area contributed by atoms with Crippen LogP contribution in [0.5, 0.6) is 0 Å². The SMILES string of the molecule is CCC(N)(CC)CNC(=O)c1cc(S(=O)(=O)N2CCCC2)c(C)o1.Cl. The molecule has 0 saturated carbocycles. The Bertz CT molecular complexity index is 692. The van der Waals surface area contributed by atoms with Crippen molar-refractivity contribution in [3.63, 3.8) is 0 Å². The summed E-state index contributed by atoms with van der Waals surface area (Å²) in [5.74, 6) is -0.213. The van der Waals surface area contributed by atoms with Gasteiger partial charge in [-0.15, -0.1) is 12.4 Å². The molecule has 0 aromatic carbocycles. The van der Waals surface area contributed by atoms with Gasteiger partial charge < -0.3 is 15.5 Å². The van der Waals surface area contributed by atoms with Crippen LogP contribution in [0.4, 0.5) is 0 Å². The molecule has 2 heterocycles. The van der Waals surface area contributed by atoms with Gasteiger partial charge in [0.05, 0.1) is 0 Å². The fourth-order valence-corrected chi connectivity index (χ4v) is 4.42. The number of amides is 1. The summed E-state index contributed by atoms with van der Waals surface area (Å²) in [6, 6.07) is 1.31. The van der Waals surface area contributed by atoms with Crippen LogP contribution in [0.25, 0.3) is 0 Å². The van der Waals surface area contributed by atoms with Crippen LogP contribution in [0.1, 0.15) is 55.8 Å². The molecule has 144 valence electrons. The van der Waals surface area contributed by atoms with Crippen molar-refractivity contribution in [2.75, 3.05) is 19.6 Å². The zero-order valence-corrected chi connectivity index (χ0v) is 16.6. The van der Waals surface area contributed by atoms with E-state index in [0.29, 0.717) is 19.6 Å². The van der Waals surface area contributed by atoms with Crippen molar-refractivity contribution in [3.8, 4) is 0 Å². The topological polar surface area (TPSA) is 106 Å². The molecule has 1 aliphatic heterocycles. The van der Waals surface area contributed by atoms with Gasteiger partial charge in [0.15, 0.2) is 5.76 Å². The molecule has 9 heteroatoms. The van der Waals surface area contributed by atoms with Crippen molar-refractivity contribution in [2.45, 2.75) is 56.9 Å². The molecule has 1 fully saturated rings. The second-order valence-electron chi connectivity index (χ2n) is 6.39. The van der Waals surface area contributed by atoms with Crippen LogP contribution >= 0.6 is 12.4 Å². The van der Waals surface area contributed by atoms with E-state index in [0.717, 1.165) is 25.7 Å². The molecule has 0 aliphatic carbocycles. The molecule has 1 aliphatic rings. The summed E-state index contributed by atoms with van der Waals surface area (Å²) in [5, 5.41) is 2.74. The van der Waals surface area contributed by atoms with Gasteiger partial charge in [0.1, 0.15) is 10.7 Å². The van der Waals surface area contributed by atoms with Crippen molar-refractivity contribution in [3.05, 3.63) is 17.6 Å². The number of carbonyl (C=O) groups excluding carboxylic acids is 1. The summed E-state index contributed by atoms with van der Waals surface area (Å²) in [7, 11) is -3.60. The van der Waals surface area contributed by atoms with Crippen LogP contribution in [0.15, 0.2) is 15.4 Å². The second kappa shape index (κ2) is 8.53. The predicted molar refractivity (Wildman–Crippen MR) is 98.5 cm³/mol. The summed E-state index contributed by atoms with van der Waals surface area (Å²) >= 11 is 0. The van der Waals surface area contributed by atoms with Crippen LogP contribution in [0.2, 0.25) is 0 Å². The minimum atomic E-state index is -3.60. The molecule has 7 nitrogen and oxygen atoms in total. The number of nitrogens with two attached hydrogens (primary N) is 1. The van der Waals surface area contributed by atoms with E-state index in [9.17, 15) is 13.2 Å². The quantitative estimate of drug-likeness (QED) is 0.737. The Morgan fingerprint density at radius 1 is 1.32 bits per heavy atom. The van der Waals surface area contributed by atoms with Crippen LogP contribution in [0, 0.1) is 6.92 Å². The third kappa shape index (κ3) is 4.75. The highest BCUT2D eigenvalue weighted by molar-refractivity contribution is 7.89. The fraction of sp³-hybridized carbons (Fsp3) is 0.688. The van der Waals surface area contributed by atoms with Crippen LogP contribution in [0.3, 0.4) is 0 Å². The van der Waals surface area contributed by atoms with E-state index < -0.39 is 21.5 Å². The Balaban J connectivity index is 0.00000312. The molecule has 1 saturated heterocycles. The van der Waals surface area contributed by atoms with E-state index in [4.69, 9.17) is 10.2 Å². The average Bonchev–Trinajstić information content (AvgIpc) is 3.22. The molecule has 1 amide bonds. The Kier molecular flexibility index (Phi) is 7.49. The zero-order chi connectivity index (χ0) is 18.0. The van der Waals surface area contributed by atoms with E-state index in [1.165, 1.54) is 10.4 Å². The van der Waals surface area contributed by atoms with Crippen molar-refractivity contribution < 1.29 is 17.6 Å². The van der Waals surface area contributed by atoms with Crippen molar-refractivity contribution in [2.24, 2.45) is 5.73 Å². The fourth-order valence-electron chi connectivity index (χ4n) is 2.74. The molecule has 0 unspecified atom stereocenters. The smallest absolute Gasteiger partial charge is 0.287 e. The maximum atomic E-state index is 12.6. The number of nitrogens with zero attached hydrogens (tertiary/aromatic N) is 1. The molecule has 0 spiro atoms. The highest BCUT2D eigenvalue weighted by Crippen LogP contribution is 2.26. The molecule has 25 heavy (non-hydrogen) atoms. The number of nitrogens with one attached hydrogen (secondary N) is 1. The number of carbonyl (C=O) groups is 1. The van der Waals surface area contributed by atoms with E-state index in [1.54, 1.807) is 6.92 Å². The molecule has 2 rings (SSSR count). The van der Waals surface area contributed by atoms with E-state index >= 15 is 0 Å². The van der Waals surface area contributed by atoms with Crippen LogP contribution in [-0.4, -0.2) is 43.8 Å². The molecule has 0 radical (unpaired) electrons. The van der Waals surface area contributed by atoms with E-state index in [2.05, 4.69) is 5.32 Å². The summed E-state index contributed by atoms with van der Waals surface area (Å²) in [4.78, 5) is 12.3. The lowest BCUT2D eigenvalue weighted by Gasteiger charge is -2.26. The lowest BCUT2D eigenvalue weighted by Crippen LogP contribution is -2.49. The van der Waals surface area contributed by atoms with Gasteiger partial charge in [-0.25, -0.2) is 8.42 Å². The van der Waals surface area contributed by atoms with Gasteiger partial charge in [-0.3, -0.25) is 4.79 Å². The molecular weight excluding hydrogens is 366 g/mol. The summed E-state index contributed by atoms with van der Waals surface area (Å²) in [5.41, 5.74) is 5.69. The monoisotopic (exact) mass is 393 g/mol. The van der Waals surface area contributed by atoms with Crippen LogP contribution in [-0.2, 0) is 10.0 Å². The number of hydrogen-bond acceptors (Lipinski definition) is 5. The Morgan fingerprint density at radius 3 is 2.40 bits per heavy atom. The van der Waals surface area contributed by atoms with Gasteiger partial charge in [-0.1, -0.05) is 13.8 Å². The molecule has 0 bridgehead atoms. The first-order chi connectivity index (χ1) is 11.2. The van der Waals surface area contributed by atoms with Gasteiger partial charge >= 0.3 is 0 Å². The Labute approximate surface area is 155 Å². The van der Waals surface area contributed by atoms with Gasteiger partial charge in [0, 0.05) is 31.2 Å². The number of sulfonamides is 1. The summed E-state index contributed by atoms with van der Waals surface area (Å²) in [6.45, 7) is 6.83. The van der Waals surface area contributed by atoms with Crippen LogP contribution < -0.4 is 11.1 Å². The molecule has 0 atom stereocenters. The maximum Gasteiger partial charge on any atom is 0.287 e. The standard InChI is InChI=1S/C16H27N3O4S.ClH/c1-4-16(17,5-2)11-18-15(20)13-10-14(12(3)23-13)24(21,22)19-8-6-7-9-19;/h10H,4-9,11,17H2,1-3H3,(H,18,20);1H. The van der Waals surface area contributed by atoms with Gasteiger partial charge in [-0.05, 0) is 32.6 Å². The summed E-state index contributed by atoms with van der Waals surface area (Å²) in [6.07, 6.45) is 3.18. The van der Waals surface area contributed by atoms with Gasteiger partial charge in [-0.2, -0.15) is 4.31 Å². The number of hydrogen-bond donors (Lipinski definition) is 2. The molecule has 1 aromatic rings. The first kappa shape index (κ1) is 22.0. The highest BCUT2D eigenvalue weighted by atomic mass is 35.5. The predicted octanol–water partition coefficient (Wildman–Crippen LogP) is 2.04. The summed E-state index contributed by atoms with van der Waals surface area (Å²) < 4.78 is 32.1. The first-order valence-electron chi connectivity index (χ1n) is 8.41. The van der Waals surface area contributed by atoms with E-state index in [-0.39, 0.29) is 28.8 Å². The first-order valence-corrected chi connectivity index (χ1v) is 9.85. The lowest BCUT2D eigenvalue weighted by atomic mass is 9.94. The van der Waals surface area contributed by atoms with Gasteiger partial charge in [0.25, 0.3) is 5.91 Å². The van der Waals surface area contributed by atoms with Crippen molar-refractivity contribution in [1.82, 2.24) is 9.62 Å². The largest absolute Gasteiger partial charge is 0.455 e. The molecule has 3 N–H and O–H groups in total. The second-order valence-corrected chi connectivity index (χ2v) is 8.30. The van der Waals surface area contributed by atoms with Crippen molar-refractivity contribution in [1.29, 1.82) is 0 Å². The number of aryl methyl sites for hydroxylation is 1. The van der Waals surface area contributed by atoms with Gasteiger partial charge in [0.2, 0.25) is 10.0 Å². The highest BCUT2D eigenvalue weighted by Gasteiger charge is 2.32. The molecular formula is C16H28ClN3O4S. The zero-order valence-electron chi connectivity index (χ0n) is 15.0. The minimum Gasteiger partial charge on any atom is -0.455 e. The Morgan fingerprint density at radius 2 is 1.88 bits per heavy atom. The normalized spacial score (nSPS) is 15.8.